The Morgan fingerprint density at radius 2 is 2.00 bits per heavy atom. The van der Waals surface area contributed by atoms with Gasteiger partial charge in [0.15, 0.2) is 0 Å². The molecule has 23 heavy (non-hydrogen) atoms. The van der Waals surface area contributed by atoms with Gasteiger partial charge < -0.3 is 4.90 Å². The normalized spacial score (nSPS) is 10.3. The van der Waals surface area contributed by atoms with Crippen molar-refractivity contribution in [2.75, 3.05) is 14.1 Å². The van der Waals surface area contributed by atoms with E-state index in [1.165, 1.54) is 16.5 Å². The largest absolute Gasteiger partial charge is 0.351 e. The fourth-order valence-corrected chi connectivity index (χ4v) is 1.97. The van der Waals surface area contributed by atoms with Crippen LogP contribution in [0.15, 0.2) is 42.6 Å². The molecule has 0 aliphatic heterocycles. The maximum absolute atomic E-state index is 9.43. The van der Waals surface area contributed by atoms with Crippen LogP contribution in [0, 0.1) is 18.3 Å². The van der Waals surface area contributed by atoms with E-state index < -0.39 is 0 Å². The van der Waals surface area contributed by atoms with Crippen LogP contribution in [0.1, 0.15) is 16.8 Å². The quantitative estimate of drug-likeness (QED) is 0.639. The number of amides is 1. The molecule has 1 aromatic heterocycles. The average Bonchev–Trinajstić information content (AvgIpc) is 2.89. The second-order valence-electron chi connectivity index (χ2n) is 5.00. The SMILES string of the molecule is CN(C)C=O.Cc1nn(Cc2ccccc2)cc1/C(Cl)=C/C#N. The van der Waals surface area contributed by atoms with Gasteiger partial charge in [0.2, 0.25) is 6.41 Å². The van der Waals surface area contributed by atoms with Crippen LogP contribution in [0.4, 0.5) is 0 Å². The van der Waals surface area contributed by atoms with E-state index in [1.54, 1.807) is 14.1 Å². The second kappa shape index (κ2) is 9.44. The predicted molar refractivity (Wildman–Crippen MR) is 91.7 cm³/mol. The number of allylic oxidation sites excluding steroid dienone is 1. The minimum Gasteiger partial charge on any atom is -0.351 e. The van der Waals surface area contributed by atoms with E-state index in [9.17, 15) is 4.79 Å². The molecular weight excluding hydrogens is 312 g/mol. The Labute approximate surface area is 141 Å². The van der Waals surface area contributed by atoms with E-state index in [1.807, 2.05) is 54.2 Å². The summed E-state index contributed by atoms with van der Waals surface area (Å²) in [6, 6.07) is 12.0. The van der Waals surface area contributed by atoms with Gasteiger partial charge in [-0.25, -0.2) is 0 Å². The Morgan fingerprint density at radius 3 is 2.52 bits per heavy atom. The Balaban J connectivity index is 0.000000463. The van der Waals surface area contributed by atoms with Crippen molar-refractivity contribution < 1.29 is 4.79 Å². The number of rotatable bonds is 4. The van der Waals surface area contributed by atoms with Crippen molar-refractivity contribution in [2.24, 2.45) is 0 Å². The summed E-state index contributed by atoms with van der Waals surface area (Å²) in [5.74, 6) is 0. The van der Waals surface area contributed by atoms with Crippen molar-refractivity contribution in [2.45, 2.75) is 13.5 Å². The van der Waals surface area contributed by atoms with E-state index >= 15 is 0 Å². The number of aryl methyl sites for hydroxylation is 1. The lowest BCUT2D eigenvalue weighted by Crippen LogP contribution is -2.06. The second-order valence-corrected chi connectivity index (χ2v) is 5.41. The summed E-state index contributed by atoms with van der Waals surface area (Å²) in [6.07, 6.45) is 3.93. The van der Waals surface area contributed by atoms with Crippen LogP contribution in [0.3, 0.4) is 0 Å². The van der Waals surface area contributed by atoms with Gasteiger partial charge in [0, 0.05) is 31.9 Å². The molecule has 0 N–H and O–H groups in total. The fourth-order valence-electron chi connectivity index (χ4n) is 1.74. The lowest BCUT2D eigenvalue weighted by molar-refractivity contribution is -0.115. The third-order valence-corrected chi connectivity index (χ3v) is 3.11. The minimum absolute atomic E-state index is 0.425. The highest BCUT2D eigenvalue weighted by Gasteiger charge is 2.08. The molecule has 0 atom stereocenters. The first-order chi connectivity index (χ1) is 11.0. The van der Waals surface area contributed by atoms with Gasteiger partial charge in [-0.3, -0.25) is 9.48 Å². The van der Waals surface area contributed by atoms with Crippen LogP contribution < -0.4 is 0 Å². The Bertz CT molecular complexity index is 699. The van der Waals surface area contributed by atoms with E-state index in [2.05, 4.69) is 5.10 Å². The van der Waals surface area contributed by atoms with Gasteiger partial charge in [-0.05, 0) is 12.5 Å². The number of carbonyl (C=O) groups is 1. The van der Waals surface area contributed by atoms with Crippen LogP contribution >= 0.6 is 11.6 Å². The number of hydrogen-bond acceptors (Lipinski definition) is 3. The molecule has 0 aliphatic rings. The van der Waals surface area contributed by atoms with Crippen LogP contribution in [-0.2, 0) is 11.3 Å². The van der Waals surface area contributed by atoms with Crippen LogP contribution in [0.25, 0.3) is 5.03 Å². The van der Waals surface area contributed by atoms with Gasteiger partial charge in [0.05, 0.1) is 23.3 Å². The van der Waals surface area contributed by atoms with E-state index in [4.69, 9.17) is 16.9 Å². The first kappa shape index (κ1) is 18.5. The van der Waals surface area contributed by atoms with Gasteiger partial charge in [-0.1, -0.05) is 41.9 Å². The van der Waals surface area contributed by atoms with Crippen LogP contribution in [-0.4, -0.2) is 35.2 Å². The molecule has 1 aromatic carbocycles. The van der Waals surface area contributed by atoms with Gasteiger partial charge >= 0.3 is 0 Å². The molecule has 0 fully saturated rings. The molecule has 0 aliphatic carbocycles. The van der Waals surface area contributed by atoms with E-state index in [0.717, 1.165) is 17.7 Å². The lowest BCUT2D eigenvalue weighted by Gasteiger charge is -2.00. The Morgan fingerprint density at radius 1 is 1.39 bits per heavy atom. The van der Waals surface area contributed by atoms with Gasteiger partial charge in [0.1, 0.15) is 0 Å². The highest BCUT2D eigenvalue weighted by Crippen LogP contribution is 2.21. The molecule has 120 valence electrons. The van der Waals surface area contributed by atoms with Crippen LogP contribution in [0.5, 0.6) is 0 Å². The van der Waals surface area contributed by atoms with Crippen molar-refractivity contribution in [3.05, 3.63) is 59.4 Å². The standard InChI is InChI=1S/C14H12ClN3.C3H7NO/c1-11-13(14(15)7-8-16)10-18(17-11)9-12-5-3-2-4-6-12;1-4(2)3-5/h2-7,10H,9H2,1H3;3H,1-2H3/b14-7-;. The topological polar surface area (TPSA) is 61.9 Å². The third kappa shape index (κ3) is 6.37. The van der Waals surface area contributed by atoms with E-state index in [-0.39, 0.29) is 0 Å². The van der Waals surface area contributed by atoms with Crippen molar-refractivity contribution >= 4 is 23.0 Å². The molecule has 0 unspecified atom stereocenters. The maximum atomic E-state index is 9.43. The molecule has 6 heteroatoms. The number of aromatic nitrogens is 2. The van der Waals surface area contributed by atoms with E-state index in [0.29, 0.717) is 11.6 Å². The molecule has 5 nitrogen and oxygen atoms in total. The molecule has 0 radical (unpaired) electrons. The van der Waals surface area contributed by atoms with Gasteiger partial charge in [-0.2, -0.15) is 10.4 Å². The monoisotopic (exact) mass is 330 g/mol. The molecular formula is C17H19ClN4O. The zero-order valence-corrected chi connectivity index (χ0v) is 14.2. The summed E-state index contributed by atoms with van der Waals surface area (Å²) in [4.78, 5) is 10.9. The minimum atomic E-state index is 0.425. The van der Waals surface area contributed by atoms with Crippen molar-refractivity contribution in [1.29, 1.82) is 5.26 Å². The lowest BCUT2D eigenvalue weighted by atomic mass is 10.2. The molecule has 1 amide bonds. The first-order valence-corrected chi connectivity index (χ1v) is 7.31. The summed E-state index contributed by atoms with van der Waals surface area (Å²) in [5.41, 5.74) is 2.79. The maximum Gasteiger partial charge on any atom is 0.209 e. The fraction of sp³-hybridized carbons (Fsp3) is 0.235. The molecule has 2 rings (SSSR count). The Kier molecular flexibility index (Phi) is 7.58. The van der Waals surface area contributed by atoms with Crippen molar-refractivity contribution in [3.8, 4) is 6.07 Å². The average molecular weight is 331 g/mol. The summed E-state index contributed by atoms with van der Waals surface area (Å²) in [5, 5.41) is 13.4. The summed E-state index contributed by atoms with van der Waals surface area (Å²) < 4.78 is 1.83. The van der Waals surface area contributed by atoms with Gasteiger partial charge in [-0.15, -0.1) is 0 Å². The summed E-state index contributed by atoms with van der Waals surface area (Å²) in [7, 11) is 3.38. The molecule has 0 saturated carbocycles. The number of halogens is 1. The highest BCUT2D eigenvalue weighted by molar-refractivity contribution is 6.49. The third-order valence-electron chi connectivity index (χ3n) is 2.79. The molecule has 2 aromatic rings. The highest BCUT2D eigenvalue weighted by atomic mass is 35.5. The van der Waals surface area contributed by atoms with Crippen molar-refractivity contribution in [1.82, 2.24) is 14.7 Å². The summed E-state index contributed by atoms with van der Waals surface area (Å²) in [6.45, 7) is 2.57. The zero-order valence-electron chi connectivity index (χ0n) is 13.4. The number of nitriles is 1. The Hall–Kier alpha value is -2.58. The van der Waals surface area contributed by atoms with Gasteiger partial charge in [0.25, 0.3) is 0 Å². The zero-order chi connectivity index (χ0) is 17.2. The number of nitrogens with zero attached hydrogens (tertiary/aromatic N) is 4. The molecule has 0 spiro atoms. The van der Waals surface area contributed by atoms with Crippen molar-refractivity contribution in [3.63, 3.8) is 0 Å². The summed E-state index contributed by atoms with van der Waals surface area (Å²) >= 11 is 6.01. The number of hydrogen-bond donors (Lipinski definition) is 0. The smallest absolute Gasteiger partial charge is 0.209 e. The number of carbonyl (C=O) groups excluding carboxylic acids is 1. The molecule has 0 bridgehead atoms. The molecule has 1 heterocycles. The predicted octanol–water partition coefficient (Wildman–Crippen LogP) is 3.05. The number of benzene rings is 1. The molecule has 0 saturated heterocycles. The van der Waals surface area contributed by atoms with Crippen LogP contribution in [0.2, 0.25) is 0 Å². The first-order valence-electron chi connectivity index (χ1n) is 6.93.